The second-order valence-corrected chi connectivity index (χ2v) is 7.25. The lowest BCUT2D eigenvalue weighted by Gasteiger charge is -2.19. The van der Waals surface area contributed by atoms with Gasteiger partial charge in [-0.05, 0) is 18.7 Å². The fourth-order valence-electron chi connectivity index (χ4n) is 1.41. The molecule has 0 aromatic carbocycles. The fourth-order valence-corrected chi connectivity index (χ4v) is 3.03. The highest BCUT2D eigenvalue weighted by molar-refractivity contribution is 8.01. The fraction of sp³-hybridized carbons (Fsp3) is 0.417. The summed E-state index contributed by atoms with van der Waals surface area (Å²) in [5, 5.41) is 2.84. The maximum absolute atomic E-state index is 5.54. The van der Waals surface area contributed by atoms with Crippen LogP contribution in [0.4, 0.5) is 5.82 Å². The van der Waals surface area contributed by atoms with Crippen molar-refractivity contribution in [1.29, 1.82) is 0 Å². The highest BCUT2D eigenvalue weighted by atomic mass is 32.2. The topological polar surface area (TPSA) is 76.7 Å². The van der Waals surface area contributed by atoms with Crippen LogP contribution in [0.3, 0.4) is 0 Å². The Morgan fingerprint density at radius 3 is 2.58 bits per heavy atom. The molecule has 0 saturated carbocycles. The van der Waals surface area contributed by atoms with Gasteiger partial charge >= 0.3 is 0 Å². The van der Waals surface area contributed by atoms with E-state index in [0.717, 1.165) is 20.8 Å². The van der Waals surface area contributed by atoms with Crippen LogP contribution < -0.4 is 11.3 Å². The number of anilines is 1. The van der Waals surface area contributed by atoms with Gasteiger partial charge in [0.15, 0.2) is 4.34 Å². The molecule has 2 rings (SSSR count). The maximum Gasteiger partial charge on any atom is 0.156 e. The third kappa shape index (κ3) is 3.23. The number of aromatic nitrogens is 3. The average Bonchev–Trinajstić information content (AvgIpc) is 2.83. The summed E-state index contributed by atoms with van der Waals surface area (Å²) >= 11 is 3.13. The predicted molar refractivity (Wildman–Crippen MR) is 79.5 cm³/mol. The summed E-state index contributed by atoms with van der Waals surface area (Å²) in [5.74, 6) is 6.98. The Kier molecular flexibility index (Phi) is 4.07. The number of hydrazine groups is 1. The highest BCUT2D eigenvalue weighted by Gasteiger charge is 2.21. The summed E-state index contributed by atoms with van der Waals surface area (Å²) in [6.45, 7) is 8.19. The van der Waals surface area contributed by atoms with Crippen LogP contribution in [0.25, 0.3) is 0 Å². The van der Waals surface area contributed by atoms with E-state index in [4.69, 9.17) is 5.84 Å². The summed E-state index contributed by atoms with van der Waals surface area (Å²) < 4.78 is 0.963. The van der Waals surface area contributed by atoms with Gasteiger partial charge in [0.2, 0.25) is 0 Å². The molecule has 19 heavy (non-hydrogen) atoms. The van der Waals surface area contributed by atoms with Gasteiger partial charge in [-0.1, -0.05) is 20.8 Å². The Morgan fingerprint density at radius 1 is 1.32 bits per heavy atom. The average molecular weight is 295 g/mol. The first-order valence-corrected chi connectivity index (χ1v) is 7.54. The molecule has 0 aliphatic rings. The molecular weight excluding hydrogens is 278 g/mol. The van der Waals surface area contributed by atoms with Gasteiger partial charge in [0.05, 0.1) is 0 Å². The molecule has 0 spiro atoms. The molecule has 7 heteroatoms. The molecule has 0 unspecified atom stereocenters. The molecule has 0 radical (unpaired) electrons. The molecule has 102 valence electrons. The number of nitrogens with zero attached hydrogens (tertiary/aromatic N) is 3. The van der Waals surface area contributed by atoms with E-state index in [1.165, 1.54) is 0 Å². The Balaban J connectivity index is 2.46. The number of thiazole rings is 1. The van der Waals surface area contributed by atoms with E-state index in [-0.39, 0.29) is 5.41 Å². The zero-order valence-electron chi connectivity index (χ0n) is 11.4. The quantitative estimate of drug-likeness (QED) is 0.515. The molecule has 2 heterocycles. The van der Waals surface area contributed by atoms with Crippen LogP contribution in [-0.2, 0) is 5.41 Å². The molecule has 0 amide bonds. The van der Waals surface area contributed by atoms with Gasteiger partial charge in [-0.3, -0.25) is 0 Å². The van der Waals surface area contributed by atoms with Crippen LogP contribution in [-0.4, -0.2) is 15.0 Å². The number of nitrogen functional groups attached to an aromatic ring is 1. The van der Waals surface area contributed by atoms with Crippen molar-refractivity contribution in [3.63, 3.8) is 0 Å². The van der Waals surface area contributed by atoms with Crippen molar-refractivity contribution in [1.82, 2.24) is 15.0 Å². The molecular formula is C12H17N5S2. The first kappa shape index (κ1) is 14.2. The lowest BCUT2D eigenvalue weighted by atomic mass is 9.95. The Bertz CT molecular complexity index is 560. The Labute approximate surface area is 121 Å². The lowest BCUT2D eigenvalue weighted by Crippen LogP contribution is -2.20. The number of nitrogens with two attached hydrogens (primary N) is 1. The first-order valence-electron chi connectivity index (χ1n) is 5.85. The van der Waals surface area contributed by atoms with Crippen molar-refractivity contribution < 1.29 is 0 Å². The van der Waals surface area contributed by atoms with E-state index in [2.05, 4.69) is 41.1 Å². The van der Waals surface area contributed by atoms with Crippen LogP contribution in [0.2, 0.25) is 0 Å². The summed E-state index contributed by atoms with van der Waals surface area (Å²) in [7, 11) is 0. The molecule has 0 atom stereocenters. The van der Waals surface area contributed by atoms with Crippen LogP contribution in [0.1, 0.15) is 32.2 Å². The lowest BCUT2D eigenvalue weighted by molar-refractivity contribution is 0.538. The number of nitrogens with one attached hydrogen (secondary N) is 1. The van der Waals surface area contributed by atoms with E-state index in [0.29, 0.717) is 5.82 Å². The molecule has 0 saturated heterocycles. The molecule has 0 aliphatic carbocycles. The SMILES string of the molecule is Cc1c(NN)nc(C(C)(C)C)nc1Sc1nccs1. The number of hydrogen-bond donors (Lipinski definition) is 2. The van der Waals surface area contributed by atoms with Crippen LogP contribution in [0.5, 0.6) is 0 Å². The van der Waals surface area contributed by atoms with Crippen molar-refractivity contribution in [3.05, 3.63) is 23.0 Å². The normalized spacial score (nSPS) is 11.6. The zero-order chi connectivity index (χ0) is 14.0. The monoisotopic (exact) mass is 295 g/mol. The van der Waals surface area contributed by atoms with E-state index in [1.54, 1.807) is 29.3 Å². The summed E-state index contributed by atoms with van der Waals surface area (Å²) in [6.07, 6.45) is 1.79. The Hall–Kier alpha value is -1.18. The third-order valence-electron chi connectivity index (χ3n) is 2.50. The molecule has 0 aliphatic heterocycles. The third-order valence-corrected chi connectivity index (χ3v) is 4.48. The van der Waals surface area contributed by atoms with Crippen LogP contribution in [0, 0.1) is 6.92 Å². The van der Waals surface area contributed by atoms with Crippen LogP contribution >= 0.6 is 23.1 Å². The first-order chi connectivity index (χ1) is 8.91. The van der Waals surface area contributed by atoms with E-state index in [9.17, 15) is 0 Å². The van der Waals surface area contributed by atoms with Gasteiger partial charge in [0.25, 0.3) is 0 Å². The largest absolute Gasteiger partial charge is 0.308 e. The number of rotatable bonds is 3. The van der Waals surface area contributed by atoms with Crippen molar-refractivity contribution in [2.45, 2.75) is 42.5 Å². The second-order valence-electron chi connectivity index (χ2n) is 5.12. The maximum atomic E-state index is 5.54. The van der Waals surface area contributed by atoms with Gasteiger partial charge < -0.3 is 5.43 Å². The molecule has 0 fully saturated rings. The molecule has 0 bridgehead atoms. The van der Waals surface area contributed by atoms with Gasteiger partial charge in [-0.2, -0.15) is 0 Å². The second kappa shape index (κ2) is 5.44. The minimum Gasteiger partial charge on any atom is -0.308 e. The van der Waals surface area contributed by atoms with Gasteiger partial charge in [-0.15, -0.1) is 11.3 Å². The highest BCUT2D eigenvalue weighted by Crippen LogP contribution is 2.33. The summed E-state index contributed by atoms with van der Waals surface area (Å²) in [5.41, 5.74) is 3.46. The van der Waals surface area contributed by atoms with Gasteiger partial charge in [-0.25, -0.2) is 20.8 Å². The standard InChI is InChI=1S/C12H17N5S2/c1-7-8(17-13)15-10(12(2,3)4)16-9(7)19-11-14-5-6-18-11/h5-6H,13H2,1-4H3,(H,15,16,17). The van der Waals surface area contributed by atoms with E-state index in [1.807, 2.05) is 12.3 Å². The number of hydrogen-bond acceptors (Lipinski definition) is 7. The van der Waals surface area contributed by atoms with Crippen molar-refractivity contribution in [3.8, 4) is 0 Å². The Morgan fingerprint density at radius 2 is 2.05 bits per heavy atom. The van der Waals surface area contributed by atoms with Crippen molar-refractivity contribution >= 4 is 28.9 Å². The van der Waals surface area contributed by atoms with Crippen molar-refractivity contribution in [2.24, 2.45) is 5.84 Å². The smallest absolute Gasteiger partial charge is 0.156 e. The molecule has 3 N–H and O–H groups in total. The van der Waals surface area contributed by atoms with Crippen molar-refractivity contribution in [2.75, 3.05) is 5.43 Å². The molecule has 5 nitrogen and oxygen atoms in total. The summed E-state index contributed by atoms with van der Waals surface area (Å²) in [6, 6.07) is 0. The van der Waals surface area contributed by atoms with E-state index < -0.39 is 0 Å². The van der Waals surface area contributed by atoms with E-state index >= 15 is 0 Å². The molecule has 2 aromatic heterocycles. The molecule has 2 aromatic rings. The van der Waals surface area contributed by atoms with Gasteiger partial charge in [0.1, 0.15) is 16.7 Å². The predicted octanol–water partition coefficient (Wildman–Crippen LogP) is 2.98. The zero-order valence-corrected chi connectivity index (χ0v) is 13.0. The van der Waals surface area contributed by atoms with Gasteiger partial charge in [0, 0.05) is 22.6 Å². The minimum absolute atomic E-state index is 0.127. The van der Waals surface area contributed by atoms with Crippen LogP contribution in [0.15, 0.2) is 20.9 Å². The summed E-state index contributed by atoms with van der Waals surface area (Å²) in [4.78, 5) is 13.4. The minimum atomic E-state index is -0.127.